The molecule has 6 nitrogen and oxygen atoms in total. The lowest BCUT2D eigenvalue weighted by atomic mass is 10.1. The van der Waals surface area contributed by atoms with Crippen LogP contribution in [0.5, 0.6) is 0 Å². The highest BCUT2D eigenvalue weighted by Gasteiger charge is 2.28. The highest BCUT2D eigenvalue weighted by molar-refractivity contribution is 7.92. The van der Waals surface area contributed by atoms with Gasteiger partial charge in [0.25, 0.3) is 15.9 Å². The molecule has 3 rings (SSSR count). The Morgan fingerprint density at radius 1 is 0.970 bits per heavy atom. The van der Waals surface area contributed by atoms with Crippen LogP contribution in [-0.4, -0.2) is 26.6 Å². The average Bonchev–Trinajstić information content (AvgIpc) is 2.81. The Balaban J connectivity index is 1.78. The summed E-state index contributed by atoms with van der Waals surface area (Å²) in [5, 5.41) is 4.58. The molecular weight excluding hydrogens is 481 g/mol. The minimum Gasteiger partial charge on any atom is -0.271 e. The molecule has 0 bridgehead atoms. The van der Waals surface area contributed by atoms with Gasteiger partial charge in [0.15, 0.2) is 0 Å². The van der Waals surface area contributed by atoms with Crippen molar-refractivity contribution < 1.29 is 13.2 Å². The van der Waals surface area contributed by atoms with Crippen LogP contribution in [0.3, 0.4) is 0 Å². The molecule has 0 unspecified atom stereocenters. The number of sulfonamides is 1. The molecule has 0 atom stereocenters. The van der Waals surface area contributed by atoms with Crippen molar-refractivity contribution in [2.45, 2.75) is 24.7 Å². The first kappa shape index (κ1) is 24.8. The molecule has 3 aromatic carbocycles. The summed E-state index contributed by atoms with van der Waals surface area (Å²) in [5.41, 5.74) is 4.47. The molecule has 1 N–H and O–H groups in total. The Bertz CT molecular complexity index is 1230. The quantitative estimate of drug-likeness (QED) is 0.317. The van der Waals surface area contributed by atoms with Crippen molar-refractivity contribution >= 4 is 50.5 Å². The number of hydrogen-bond donors (Lipinski definition) is 1. The van der Waals surface area contributed by atoms with E-state index in [2.05, 4.69) is 10.5 Å². The van der Waals surface area contributed by atoms with E-state index in [0.29, 0.717) is 17.2 Å². The van der Waals surface area contributed by atoms with Crippen molar-refractivity contribution in [3.05, 3.63) is 94.5 Å². The monoisotopic (exact) mass is 503 g/mol. The topological polar surface area (TPSA) is 78.8 Å². The highest BCUT2D eigenvalue weighted by Crippen LogP contribution is 2.32. The van der Waals surface area contributed by atoms with Gasteiger partial charge in [0.1, 0.15) is 6.54 Å². The molecule has 0 fully saturated rings. The molecule has 172 valence electrons. The summed E-state index contributed by atoms with van der Waals surface area (Å²) in [6.45, 7) is 1.30. The minimum absolute atomic E-state index is 0.0337. The second-order valence-corrected chi connectivity index (χ2v) is 9.99. The van der Waals surface area contributed by atoms with Gasteiger partial charge in [0.2, 0.25) is 0 Å². The number of anilines is 1. The van der Waals surface area contributed by atoms with Crippen LogP contribution in [0.4, 0.5) is 5.69 Å². The van der Waals surface area contributed by atoms with Gasteiger partial charge in [-0.25, -0.2) is 13.8 Å². The molecule has 0 saturated carbocycles. The SMILES string of the molecule is C/C(CCc1ccccc1)=N/NC(=O)CN(c1ccc(Cl)cc1Cl)S(=O)(=O)c1ccccc1. The van der Waals surface area contributed by atoms with Crippen LogP contribution in [0.15, 0.2) is 88.9 Å². The first-order valence-corrected chi connectivity index (χ1v) is 12.4. The third-order valence-corrected chi connectivity index (χ3v) is 7.10. The van der Waals surface area contributed by atoms with Gasteiger partial charge in [0.05, 0.1) is 15.6 Å². The van der Waals surface area contributed by atoms with Gasteiger partial charge in [-0.2, -0.15) is 5.10 Å². The molecule has 0 aliphatic carbocycles. The molecule has 33 heavy (non-hydrogen) atoms. The first-order valence-electron chi connectivity index (χ1n) is 10.2. The molecule has 0 aliphatic heterocycles. The summed E-state index contributed by atoms with van der Waals surface area (Å²) < 4.78 is 27.6. The van der Waals surface area contributed by atoms with Gasteiger partial charge in [0, 0.05) is 10.7 Å². The molecule has 3 aromatic rings. The third-order valence-electron chi connectivity index (χ3n) is 4.79. The van der Waals surface area contributed by atoms with Crippen LogP contribution in [-0.2, 0) is 21.2 Å². The highest BCUT2D eigenvalue weighted by atomic mass is 35.5. The molecular formula is C24H23Cl2N3O3S. The number of amides is 1. The van der Waals surface area contributed by atoms with E-state index in [0.717, 1.165) is 16.3 Å². The molecule has 9 heteroatoms. The zero-order valence-corrected chi connectivity index (χ0v) is 20.2. The number of aryl methyl sites for hydroxylation is 1. The summed E-state index contributed by atoms with van der Waals surface area (Å²) >= 11 is 12.2. The van der Waals surface area contributed by atoms with E-state index in [-0.39, 0.29) is 15.6 Å². The minimum atomic E-state index is -4.07. The number of hydrogen-bond acceptors (Lipinski definition) is 4. The van der Waals surface area contributed by atoms with Crippen LogP contribution < -0.4 is 9.73 Å². The van der Waals surface area contributed by atoms with Crippen LogP contribution in [0.1, 0.15) is 18.9 Å². The predicted molar refractivity (Wildman–Crippen MR) is 133 cm³/mol. The lowest BCUT2D eigenvalue weighted by Gasteiger charge is -2.24. The van der Waals surface area contributed by atoms with Crippen molar-refractivity contribution in [3.63, 3.8) is 0 Å². The zero-order chi connectivity index (χ0) is 23.8. The molecule has 0 heterocycles. The van der Waals surface area contributed by atoms with Gasteiger partial charge in [-0.3, -0.25) is 9.10 Å². The predicted octanol–water partition coefficient (Wildman–Crippen LogP) is 5.31. The number of nitrogens with one attached hydrogen (secondary N) is 1. The van der Waals surface area contributed by atoms with Crippen molar-refractivity contribution in [2.24, 2.45) is 5.10 Å². The summed E-state index contributed by atoms with van der Waals surface area (Å²) in [5.74, 6) is -0.598. The second kappa shape index (κ2) is 11.3. The number of halogens is 2. The standard InChI is InChI=1S/C24H23Cl2N3O3S/c1-18(12-13-19-8-4-2-5-9-19)27-28-24(30)17-29(23-15-14-20(25)16-22(23)26)33(31,32)21-10-6-3-7-11-21/h2-11,14-16H,12-13,17H2,1H3,(H,28,30)/b27-18-. The number of benzene rings is 3. The Labute approximate surface area is 203 Å². The Morgan fingerprint density at radius 2 is 1.61 bits per heavy atom. The third kappa shape index (κ3) is 6.81. The molecule has 0 spiro atoms. The second-order valence-electron chi connectivity index (χ2n) is 7.29. The summed E-state index contributed by atoms with van der Waals surface area (Å²) in [4.78, 5) is 12.7. The van der Waals surface area contributed by atoms with Crippen LogP contribution in [0.25, 0.3) is 0 Å². The zero-order valence-electron chi connectivity index (χ0n) is 17.9. The van der Waals surface area contributed by atoms with Gasteiger partial charge in [-0.1, -0.05) is 71.7 Å². The summed E-state index contributed by atoms with van der Waals surface area (Å²) in [6.07, 6.45) is 1.43. The van der Waals surface area contributed by atoms with Gasteiger partial charge in [-0.15, -0.1) is 0 Å². The Hall–Kier alpha value is -2.87. The van der Waals surface area contributed by atoms with E-state index in [1.165, 1.54) is 30.3 Å². The van der Waals surface area contributed by atoms with E-state index in [4.69, 9.17) is 23.2 Å². The molecule has 1 amide bonds. The number of hydrazone groups is 1. The van der Waals surface area contributed by atoms with Crippen LogP contribution in [0.2, 0.25) is 10.0 Å². The number of nitrogens with zero attached hydrogens (tertiary/aromatic N) is 2. The fourth-order valence-electron chi connectivity index (χ4n) is 3.05. The summed E-state index contributed by atoms with van der Waals surface area (Å²) in [6, 6.07) is 22.2. The van der Waals surface area contributed by atoms with Gasteiger partial charge < -0.3 is 0 Å². The average molecular weight is 504 g/mol. The molecule has 0 radical (unpaired) electrons. The maximum atomic E-state index is 13.3. The van der Waals surface area contributed by atoms with E-state index in [9.17, 15) is 13.2 Å². The Morgan fingerprint density at radius 3 is 2.24 bits per heavy atom. The smallest absolute Gasteiger partial charge is 0.264 e. The maximum absolute atomic E-state index is 13.3. The van der Waals surface area contributed by atoms with Gasteiger partial charge in [-0.05, 0) is 55.7 Å². The van der Waals surface area contributed by atoms with E-state index < -0.39 is 22.5 Å². The fraction of sp³-hybridized carbons (Fsp3) is 0.167. The largest absolute Gasteiger partial charge is 0.271 e. The number of carbonyl (C=O) groups is 1. The van der Waals surface area contributed by atoms with E-state index in [1.54, 1.807) is 25.1 Å². The normalized spacial score (nSPS) is 11.8. The lowest BCUT2D eigenvalue weighted by molar-refractivity contribution is -0.119. The first-order chi connectivity index (χ1) is 15.8. The summed E-state index contributed by atoms with van der Waals surface area (Å²) in [7, 11) is -4.07. The van der Waals surface area contributed by atoms with E-state index >= 15 is 0 Å². The van der Waals surface area contributed by atoms with Crippen LogP contribution >= 0.6 is 23.2 Å². The van der Waals surface area contributed by atoms with Crippen molar-refractivity contribution in [2.75, 3.05) is 10.8 Å². The molecule has 0 aromatic heterocycles. The number of carbonyl (C=O) groups excluding carboxylic acids is 1. The number of rotatable bonds is 9. The lowest BCUT2D eigenvalue weighted by Crippen LogP contribution is -2.40. The molecule has 0 saturated heterocycles. The fourth-order valence-corrected chi connectivity index (χ4v) is 5.07. The Kier molecular flexibility index (Phi) is 8.49. The van der Waals surface area contributed by atoms with Crippen LogP contribution in [0, 0.1) is 0 Å². The maximum Gasteiger partial charge on any atom is 0.264 e. The van der Waals surface area contributed by atoms with E-state index in [1.807, 2.05) is 30.3 Å². The van der Waals surface area contributed by atoms with Crippen molar-refractivity contribution in [1.82, 2.24) is 5.43 Å². The molecule has 0 aliphatic rings. The van der Waals surface area contributed by atoms with Gasteiger partial charge >= 0.3 is 0 Å². The van der Waals surface area contributed by atoms with Crippen molar-refractivity contribution in [1.29, 1.82) is 0 Å². The van der Waals surface area contributed by atoms with Crippen molar-refractivity contribution in [3.8, 4) is 0 Å².